The Hall–Kier alpha value is -3.75. The number of ether oxygens (including phenoxy) is 1. The fraction of sp³-hybridized carbons (Fsp3) is 0.240. The van der Waals surface area contributed by atoms with Gasteiger partial charge in [0.1, 0.15) is 12.4 Å². The van der Waals surface area contributed by atoms with Crippen LogP contribution in [0, 0.1) is 0 Å². The number of aromatic nitrogens is 1. The quantitative estimate of drug-likeness (QED) is 0.399. The number of carboxylic acid groups (broad SMARTS) is 1. The first-order chi connectivity index (χ1) is 16.1. The van der Waals surface area contributed by atoms with E-state index in [-0.39, 0.29) is 25.0 Å². The summed E-state index contributed by atoms with van der Waals surface area (Å²) in [6.07, 6.45) is 2.48. The monoisotopic (exact) mass is 446 g/mol. The van der Waals surface area contributed by atoms with Gasteiger partial charge in [-0.25, -0.2) is 5.43 Å². The van der Waals surface area contributed by atoms with Crippen LogP contribution in [0.2, 0.25) is 0 Å². The normalized spacial score (nSPS) is 16.2. The van der Waals surface area contributed by atoms with Gasteiger partial charge in [-0.05, 0) is 41.8 Å². The minimum atomic E-state index is -0.981. The van der Waals surface area contributed by atoms with Crippen LogP contribution in [-0.2, 0) is 11.4 Å². The molecule has 170 valence electrons. The third-order valence-corrected chi connectivity index (χ3v) is 5.43. The molecule has 2 aromatic carbocycles. The van der Waals surface area contributed by atoms with Crippen LogP contribution in [-0.4, -0.2) is 28.5 Å². The van der Waals surface area contributed by atoms with Gasteiger partial charge in [0, 0.05) is 12.1 Å². The summed E-state index contributed by atoms with van der Waals surface area (Å²) < 4.78 is 5.84. The minimum Gasteiger partial charge on any atom is -0.487 e. The van der Waals surface area contributed by atoms with Crippen molar-refractivity contribution in [2.45, 2.75) is 31.5 Å². The maximum Gasteiger partial charge on any atom is 0.305 e. The van der Waals surface area contributed by atoms with Gasteiger partial charge < -0.3 is 15.2 Å². The van der Waals surface area contributed by atoms with Gasteiger partial charge in [-0.15, -0.1) is 0 Å². The van der Waals surface area contributed by atoms with Crippen LogP contribution < -0.4 is 20.9 Å². The Bertz CT molecular complexity index is 1080. The predicted molar refractivity (Wildman–Crippen MR) is 122 cm³/mol. The van der Waals surface area contributed by atoms with E-state index >= 15 is 0 Å². The molecule has 2 atom stereocenters. The van der Waals surface area contributed by atoms with Crippen molar-refractivity contribution in [1.29, 1.82) is 0 Å². The number of rotatable bonds is 9. The van der Waals surface area contributed by atoms with E-state index in [4.69, 9.17) is 4.74 Å². The van der Waals surface area contributed by atoms with Gasteiger partial charge in [0.15, 0.2) is 0 Å². The summed E-state index contributed by atoms with van der Waals surface area (Å²) in [6.45, 7) is 1.19. The molecule has 1 aliphatic rings. The highest BCUT2D eigenvalue weighted by molar-refractivity contribution is 5.94. The molecule has 0 spiro atoms. The molecular weight excluding hydrogens is 420 g/mol. The third-order valence-electron chi connectivity index (χ3n) is 5.43. The lowest BCUT2D eigenvalue weighted by Gasteiger charge is -2.18. The van der Waals surface area contributed by atoms with E-state index in [0.717, 1.165) is 29.8 Å². The summed E-state index contributed by atoms with van der Waals surface area (Å²) in [4.78, 5) is 28.6. The van der Waals surface area contributed by atoms with Crippen LogP contribution >= 0.6 is 0 Å². The SMILES string of the molecule is O=C(O)C[C@H](NC(=O)c1cccc(COc2ccc(C3CCNN3)nc2)c1)c1ccccc1. The van der Waals surface area contributed by atoms with Crippen LogP contribution in [0.1, 0.15) is 52.1 Å². The molecule has 0 aliphatic carbocycles. The second-order valence-corrected chi connectivity index (χ2v) is 7.85. The van der Waals surface area contributed by atoms with E-state index in [1.54, 1.807) is 36.5 Å². The molecule has 1 fully saturated rings. The van der Waals surface area contributed by atoms with Crippen molar-refractivity contribution < 1.29 is 19.4 Å². The van der Waals surface area contributed by atoms with Crippen LogP contribution in [0.15, 0.2) is 72.9 Å². The molecule has 0 saturated carbocycles. The van der Waals surface area contributed by atoms with Gasteiger partial charge in [-0.3, -0.25) is 20.0 Å². The zero-order chi connectivity index (χ0) is 23.0. The average Bonchev–Trinajstić information content (AvgIpc) is 3.38. The molecular formula is C25H26N4O4. The molecule has 1 aromatic heterocycles. The number of amides is 1. The highest BCUT2D eigenvalue weighted by atomic mass is 16.5. The molecule has 1 unspecified atom stereocenters. The minimum absolute atomic E-state index is 0.200. The topological polar surface area (TPSA) is 113 Å². The van der Waals surface area contributed by atoms with E-state index < -0.39 is 12.0 Å². The molecule has 8 heteroatoms. The number of carboxylic acids is 1. The summed E-state index contributed by atoms with van der Waals surface area (Å²) in [5.74, 6) is -0.674. The number of hydrogen-bond acceptors (Lipinski definition) is 6. The molecule has 3 aromatic rings. The number of nitrogens with one attached hydrogen (secondary N) is 3. The van der Waals surface area contributed by atoms with E-state index in [1.807, 2.05) is 36.4 Å². The third kappa shape index (κ3) is 6.15. The van der Waals surface area contributed by atoms with E-state index in [0.29, 0.717) is 11.3 Å². The molecule has 33 heavy (non-hydrogen) atoms. The summed E-state index contributed by atoms with van der Waals surface area (Å²) >= 11 is 0. The summed E-state index contributed by atoms with van der Waals surface area (Å²) in [6, 6.07) is 19.6. The van der Waals surface area contributed by atoms with Gasteiger partial charge in [0.05, 0.1) is 30.4 Å². The van der Waals surface area contributed by atoms with Crippen molar-refractivity contribution >= 4 is 11.9 Å². The molecule has 1 saturated heterocycles. The highest BCUT2D eigenvalue weighted by Gasteiger charge is 2.19. The smallest absolute Gasteiger partial charge is 0.305 e. The molecule has 0 radical (unpaired) electrons. The zero-order valence-electron chi connectivity index (χ0n) is 18.0. The van der Waals surface area contributed by atoms with Crippen molar-refractivity contribution in [3.63, 3.8) is 0 Å². The number of benzene rings is 2. The Balaban J connectivity index is 1.38. The maximum absolute atomic E-state index is 12.8. The number of aliphatic carboxylic acids is 1. The fourth-order valence-corrected chi connectivity index (χ4v) is 3.71. The maximum atomic E-state index is 12.8. The molecule has 4 N–H and O–H groups in total. The van der Waals surface area contributed by atoms with Crippen LogP contribution in [0.5, 0.6) is 5.75 Å². The lowest BCUT2D eigenvalue weighted by Crippen LogP contribution is -2.30. The van der Waals surface area contributed by atoms with Crippen molar-refractivity contribution in [2.24, 2.45) is 0 Å². The Morgan fingerprint density at radius 2 is 1.97 bits per heavy atom. The van der Waals surface area contributed by atoms with E-state index in [1.165, 1.54) is 0 Å². The average molecular weight is 447 g/mol. The van der Waals surface area contributed by atoms with Crippen molar-refractivity contribution in [3.05, 3.63) is 95.3 Å². The summed E-state index contributed by atoms with van der Waals surface area (Å²) in [5, 5.41) is 12.1. The van der Waals surface area contributed by atoms with Gasteiger partial charge >= 0.3 is 5.97 Å². The van der Waals surface area contributed by atoms with Crippen molar-refractivity contribution in [2.75, 3.05) is 6.54 Å². The Kier molecular flexibility index (Phi) is 7.29. The lowest BCUT2D eigenvalue weighted by atomic mass is 10.0. The van der Waals surface area contributed by atoms with Gasteiger partial charge in [0.2, 0.25) is 0 Å². The molecule has 1 amide bonds. The van der Waals surface area contributed by atoms with Gasteiger partial charge in [-0.1, -0.05) is 42.5 Å². The second kappa shape index (κ2) is 10.7. The highest BCUT2D eigenvalue weighted by Crippen LogP contribution is 2.20. The number of hydrogen-bond donors (Lipinski definition) is 4. The number of carbonyl (C=O) groups is 2. The lowest BCUT2D eigenvalue weighted by molar-refractivity contribution is -0.137. The Morgan fingerprint density at radius 3 is 2.67 bits per heavy atom. The molecule has 0 bridgehead atoms. The number of carbonyl (C=O) groups excluding carboxylic acids is 1. The first kappa shape index (κ1) is 22.4. The van der Waals surface area contributed by atoms with Crippen molar-refractivity contribution in [3.8, 4) is 5.75 Å². The largest absolute Gasteiger partial charge is 0.487 e. The van der Waals surface area contributed by atoms with Gasteiger partial charge in [-0.2, -0.15) is 0 Å². The molecule has 4 rings (SSSR count). The Labute approximate surface area is 192 Å². The van der Waals surface area contributed by atoms with Crippen LogP contribution in [0.25, 0.3) is 0 Å². The first-order valence-corrected chi connectivity index (χ1v) is 10.8. The second-order valence-electron chi connectivity index (χ2n) is 7.85. The van der Waals surface area contributed by atoms with Crippen molar-refractivity contribution in [1.82, 2.24) is 21.2 Å². The fourth-order valence-electron chi connectivity index (χ4n) is 3.71. The predicted octanol–water partition coefficient (Wildman–Crippen LogP) is 3.15. The van der Waals surface area contributed by atoms with Crippen LogP contribution in [0.3, 0.4) is 0 Å². The molecule has 2 heterocycles. The van der Waals surface area contributed by atoms with Crippen LogP contribution in [0.4, 0.5) is 0 Å². The molecule has 1 aliphatic heterocycles. The number of nitrogens with zero attached hydrogens (tertiary/aromatic N) is 1. The molecule has 8 nitrogen and oxygen atoms in total. The van der Waals surface area contributed by atoms with Gasteiger partial charge in [0.25, 0.3) is 5.91 Å². The Morgan fingerprint density at radius 1 is 1.12 bits per heavy atom. The number of pyridine rings is 1. The zero-order valence-corrected chi connectivity index (χ0v) is 18.0. The number of hydrazine groups is 1. The summed E-state index contributed by atoms with van der Waals surface area (Å²) in [5.41, 5.74) is 9.24. The standard InChI is InChI=1S/C25H26N4O4/c30-24(31)14-23(18-6-2-1-3-7-18)28-25(32)19-8-4-5-17(13-19)16-33-20-9-10-21(26-15-20)22-11-12-27-29-22/h1-10,13,15,22-23,27,29H,11-12,14,16H2,(H,28,32)(H,30,31)/t22?,23-/m0/s1. The van der Waals surface area contributed by atoms with E-state index in [9.17, 15) is 14.7 Å². The van der Waals surface area contributed by atoms with E-state index in [2.05, 4.69) is 21.2 Å². The summed E-state index contributed by atoms with van der Waals surface area (Å²) in [7, 11) is 0. The first-order valence-electron chi connectivity index (χ1n) is 10.8.